The highest BCUT2D eigenvalue weighted by Gasteiger charge is 2.05. The van der Waals surface area contributed by atoms with Crippen LogP contribution in [0, 0.1) is 0 Å². The molecule has 0 radical (unpaired) electrons. The summed E-state index contributed by atoms with van der Waals surface area (Å²) in [6.07, 6.45) is 5.95. The monoisotopic (exact) mass is 374 g/mol. The van der Waals surface area contributed by atoms with Crippen LogP contribution in [0.1, 0.15) is 48.5 Å². The van der Waals surface area contributed by atoms with Gasteiger partial charge >= 0.3 is 0 Å². The molecule has 0 saturated heterocycles. The zero-order valence-corrected chi connectivity index (χ0v) is 15.5. The SMILES string of the molecule is CCCCCCOc1ccc(C(=O)N/N=C\c2cc(Cl)ccc2O)cc1. The summed E-state index contributed by atoms with van der Waals surface area (Å²) in [6.45, 7) is 2.85. The molecule has 0 atom stereocenters. The van der Waals surface area contributed by atoms with Crippen molar-refractivity contribution in [3.63, 3.8) is 0 Å². The number of hydrogen-bond acceptors (Lipinski definition) is 4. The number of phenolic OH excluding ortho intramolecular Hbond substituents is 1. The second-order valence-corrected chi connectivity index (χ2v) is 6.27. The van der Waals surface area contributed by atoms with E-state index in [1.807, 2.05) is 0 Å². The fourth-order valence-corrected chi connectivity index (χ4v) is 2.46. The molecule has 1 amide bonds. The topological polar surface area (TPSA) is 70.9 Å². The average Bonchev–Trinajstić information content (AvgIpc) is 2.65. The molecule has 0 bridgehead atoms. The molecular weight excluding hydrogens is 352 g/mol. The highest BCUT2D eigenvalue weighted by Crippen LogP contribution is 2.19. The van der Waals surface area contributed by atoms with Gasteiger partial charge in [-0.2, -0.15) is 5.10 Å². The number of carbonyl (C=O) groups is 1. The van der Waals surface area contributed by atoms with Gasteiger partial charge in [-0.15, -0.1) is 0 Å². The number of nitrogens with zero attached hydrogens (tertiary/aromatic N) is 1. The molecule has 0 aromatic heterocycles. The summed E-state index contributed by atoms with van der Waals surface area (Å²) in [5.74, 6) is 0.426. The first-order valence-electron chi connectivity index (χ1n) is 8.65. The third-order valence-corrected chi connectivity index (χ3v) is 3.98. The molecule has 0 saturated carbocycles. The fraction of sp³-hybridized carbons (Fsp3) is 0.300. The van der Waals surface area contributed by atoms with Gasteiger partial charge in [-0.1, -0.05) is 37.8 Å². The van der Waals surface area contributed by atoms with Crippen LogP contribution in [0.4, 0.5) is 0 Å². The Balaban J connectivity index is 1.83. The number of halogens is 1. The van der Waals surface area contributed by atoms with Crippen LogP contribution in [0.15, 0.2) is 47.6 Å². The predicted octanol–water partition coefficient (Wildman–Crippen LogP) is 4.77. The van der Waals surface area contributed by atoms with Crippen LogP contribution in [0.3, 0.4) is 0 Å². The second kappa shape index (κ2) is 10.5. The van der Waals surface area contributed by atoms with Crippen LogP contribution in [-0.2, 0) is 0 Å². The number of carbonyl (C=O) groups excluding carboxylic acids is 1. The smallest absolute Gasteiger partial charge is 0.271 e. The largest absolute Gasteiger partial charge is 0.507 e. The van der Waals surface area contributed by atoms with Gasteiger partial charge in [0.1, 0.15) is 11.5 Å². The minimum Gasteiger partial charge on any atom is -0.507 e. The maximum Gasteiger partial charge on any atom is 0.271 e. The zero-order chi connectivity index (χ0) is 18.8. The molecule has 0 spiro atoms. The van der Waals surface area contributed by atoms with E-state index in [2.05, 4.69) is 17.5 Å². The van der Waals surface area contributed by atoms with E-state index in [1.54, 1.807) is 36.4 Å². The number of rotatable bonds is 9. The number of unbranched alkanes of at least 4 members (excludes halogenated alkanes) is 3. The third kappa shape index (κ3) is 6.41. The van der Waals surface area contributed by atoms with Gasteiger partial charge in [0.15, 0.2) is 0 Å². The number of nitrogens with one attached hydrogen (secondary N) is 1. The average molecular weight is 375 g/mol. The lowest BCUT2D eigenvalue weighted by Gasteiger charge is -2.06. The molecule has 0 aliphatic heterocycles. The number of amides is 1. The van der Waals surface area contributed by atoms with E-state index in [1.165, 1.54) is 25.1 Å². The molecular formula is C20H23ClN2O3. The zero-order valence-electron chi connectivity index (χ0n) is 14.7. The summed E-state index contributed by atoms with van der Waals surface area (Å²) in [7, 11) is 0. The van der Waals surface area contributed by atoms with Crippen molar-refractivity contribution in [3.05, 3.63) is 58.6 Å². The lowest BCUT2D eigenvalue weighted by atomic mass is 10.2. The highest BCUT2D eigenvalue weighted by molar-refractivity contribution is 6.30. The first-order chi connectivity index (χ1) is 12.6. The molecule has 0 fully saturated rings. The quantitative estimate of drug-likeness (QED) is 0.377. The Labute approximate surface area is 158 Å². The van der Waals surface area contributed by atoms with Crippen molar-refractivity contribution in [2.75, 3.05) is 6.61 Å². The summed E-state index contributed by atoms with van der Waals surface area (Å²) in [4.78, 5) is 12.1. The van der Waals surface area contributed by atoms with Crippen molar-refractivity contribution < 1.29 is 14.6 Å². The molecule has 6 heteroatoms. The molecule has 2 rings (SSSR count). The van der Waals surface area contributed by atoms with Gasteiger partial charge in [-0.3, -0.25) is 4.79 Å². The number of ether oxygens (including phenoxy) is 1. The van der Waals surface area contributed by atoms with Crippen LogP contribution in [0.5, 0.6) is 11.5 Å². The van der Waals surface area contributed by atoms with Crippen LogP contribution >= 0.6 is 11.6 Å². The number of benzene rings is 2. The number of hydrogen-bond donors (Lipinski definition) is 2. The molecule has 0 aliphatic carbocycles. The van der Waals surface area contributed by atoms with Crippen molar-refractivity contribution in [3.8, 4) is 11.5 Å². The van der Waals surface area contributed by atoms with Gasteiger partial charge in [-0.25, -0.2) is 5.43 Å². The lowest BCUT2D eigenvalue weighted by molar-refractivity contribution is 0.0955. The molecule has 0 heterocycles. The molecule has 2 N–H and O–H groups in total. The Morgan fingerprint density at radius 3 is 2.69 bits per heavy atom. The van der Waals surface area contributed by atoms with Gasteiger partial charge in [0.2, 0.25) is 0 Å². The molecule has 138 valence electrons. The molecule has 0 unspecified atom stereocenters. The lowest BCUT2D eigenvalue weighted by Crippen LogP contribution is -2.17. The predicted molar refractivity (Wildman–Crippen MR) is 104 cm³/mol. The van der Waals surface area contributed by atoms with E-state index in [9.17, 15) is 9.90 Å². The third-order valence-electron chi connectivity index (χ3n) is 3.74. The summed E-state index contributed by atoms with van der Waals surface area (Å²) in [5, 5.41) is 14.0. The Kier molecular flexibility index (Phi) is 7.96. The summed E-state index contributed by atoms with van der Waals surface area (Å²) < 4.78 is 5.65. The fourth-order valence-electron chi connectivity index (χ4n) is 2.28. The summed E-state index contributed by atoms with van der Waals surface area (Å²) in [5.41, 5.74) is 3.30. The first-order valence-corrected chi connectivity index (χ1v) is 9.02. The van der Waals surface area contributed by atoms with E-state index in [4.69, 9.17) is 16.3 Å². The van der Waals surface area contributed by atoms with Crippen molar-refractivity contribution in [2.45, 2.75) is 32.6 Å². The van der Waals surface area contributed by atoms with Crippen LogP contribution in [0.2, 0.25) is 5.02 Å². The van der Waals surface area contributed by atoms with Crippen molar-refractivity contribution in [1.29, 1.82) is 0 Å². The van der Waals surface area contributed by atoms with Crippen LogP contribution < -0.4 is 10.2 Å². The van der Waals surface area contributed by atoms with Crippen molar-refractivity contribution in [2.24, 2.45) is 5.10 Å². The van der Waals surface area contributed by atoms with Gasteiger partial charge in [-0.05, 0) is 48.9 Å². The Hall–Kier alpha value is -2.53. The van der Waals surface area contributed by atoms with Crippen LogP contribution in [-0.4, -0.2) is 23.8 Å². The second-order valence-electron chi connectivity index (χ2n) is 5.84. The minimum absolute atomic E-state index is 0.0350. The summed E-state index contributed by atoms with van der Waals surface area (Å²) in [6, 6.07) is 11.5. The van der Waals surface area contributed by atoms with E-state index < -0.39 is 0 Å². The Morgan fingerprint density at radius 1 is 1.19 bits per heavy atom. The molecule has 26 heavy (non-hydrogen) atoms. The van der Waals surface area contributed by atoms with Crippen LogP contribution in [0.25, 0.3) is 0 Å². The van der Waals surface area contributed by atoms with Gasteiger partial charge < -0.3 is 9.84 Å². The van der Waals surface area contributed by atoms with Crippen molar-refractivity contribution in [1.82, 2.24) is 5.43 Å². The van der Waals surface area contributed by atoms with E-state index in [-0.39, 0.29) is 11.7 Å². The van der Waals surface area contributed by atoms with E-state index in [0.717, 1.165) is 18.6 Å². The highest BCUT2D eigenvalue weighted by atomic mass is 35.5. The van der Waals surface area contributed by atoms with Gasteiger partial charge in [0, 0.05) is 16.1 Å². The molecule has 5 nitrogen and oxygen atoms in total. The normalized spacial score (nSPS) is 10.8. The maximum atomic E-state index is 12.1. The molecule has 2 aromatic carbocycles. The minimum atomic E-state index is -0.350. The van der Waals surface area contributed by atoms with Gasteiger partial charge in [0.25, 0.3) is 5.91 Å². The Morgan fingerprint density at radius 2 is 1.96 bits per heavy atom. The van der Waals surface area contributed by atoms with Crippen molar-refractivity contribution >= 4 is 23.7 Å². The summed E-state index contributed by atoms with van der Waals surface area (Å²) >= 11 is 5.86. The number of phenols is 1. The first kappa shape index (κ1) is 19.8. The standard InChI is InChI=1S/C20H23ClN2O3/c1-2-3-4-5-12-26-18-9-6-15(7-10-18)20(25)23-22-14-16-13-17(21)8-11-19(16)24/h6-11,13-14,24H,2-5,12H2,1H3,(H,23,25)/b22-14-. The van der Waals surface area contributed by atoms with E-state index >= 15 is 0 Å². The number of aromatic hydroxyl groups is 1. The maximum absolute atomic E-state index is 12.1. The number of hydrazone groups is 1. The molecule has 2 aromatic rings. The van der Waals surface area contributed by atoms with E-state index in [0.29, 0.717) is 22.8 Å². The molecule has 0 aliphatic rings. The Bertz CT molecular complexity index is 745. The van der Waals surface area contributed by atoms with Gasteiger partial charge in [0.05, 0.1) is 12.8 Å².